The average Bonchev–Trinajstić information content (AvgIpc) is 2.51. The van der Waals surface area contributed by atoms with E-state index < -0.39 is 41.6 Å². The van der Waals surface area contributed by atoms with Gasteiger partial charge in [-0.1, -0.05) is 19.1 Å². The number of amides is 2. The van der Waals surface area contributed by atoms with Crippen molar-refractivity contribution < 1.29 is 23.9 Å². The minimum absolute atomic E-state index is 0.00213. The van der Waals surface area contributed by atoms with E-state index in [4.69, 9.17) is 5.26 Å². The summed E-state index contributed by atoms with van der Waals surface area (Å²) in [6, 6.07) is 5.08. The van der Waals surface area contributed by atoms with E-state index in [1.807, 2.05) is 6.07 Å². The summed E-state index contributed by atoms with van der Waals surface area (Å²) in [4.78, 5) is 35.1. The molecule has 3 N–H and O–H groups in total. The van der Waals surface area contributed by atoms with Crippen LogP contribution in [0.2, 0.25) is 0 Å². The number of carbonyl (C=O) groups is 3. The van der Waals surface area contributed by atoms with Crippen LogP contribution in [-0.2, 0) is 20.8 Å². The van der Waals surface area contributed by atoms with Crippen LogP contribution in [0.25, 0.3) is 0 Å². The van der Waals surface area contributed by atoms with Crippen LogP contribution in [0.15, 0.2) is 24.3 Å². The molecule has 2 amide bonds. The Hall–Kier alpha value is -2.95. The van der Waals surface area contributed by atoms with Gasteiger partial charge >= 0.3 is 5.97 Å². The molecule has 0 aromatic heterocycles. The van der Waals surface area contributed by atoms with Crippen LogP contribution in [-0.4, -0.2) is 35.0 Å². The Morgan fingerprint density at radius 1 is 1.32 bits per heavy atom. The molecule has 0 aliphatic carbocycles. The van der Waals surface area contributed by atoms with Gasteiger partial charge in [-0.15, -0.1) is 0 Å². The van der Waals surface area contributed by atoms with Gasteiger partial charge in [-0.2, -0.15) is 5.26 Å². The number of benzene rings is 1. The first-order valence-electron chi connectivity index (χ1n) is 7.66. The first-order valence-corrected chi connectivity index (χ1v) is 7.66. The molecule has 0 aliphatic heterocycles. The first kappa shape index (κ1) is 20.1. The van der Waals surface area contributed by atoms with Crippen LogP contribution in [0.4, 0.5) is 4.39 Å². The van der Waals surface area contributed by atoms with Gasteiger partial charge in [-0.25, -0.2) is 9.18 Å². The zero-order valence-corrected chi connectivity index (χ0v) is 14.0. The molecule has 134 valence electrons. The molecule has 0 bridgehead atoms. The van der Waals surface area contributed by atoms with E-state index in [9.17, 15) is 23.9 Å². The van der Waals surface area contributed by atoms with E-state index in [1.54, 1.807) is 6.07 Å². The normalized spacial score (nSPS) is 13.8. The highest BCUT2D eigenvalue weighted by atomic mass is 19.1. The Bertz CT molecular complexity index is 687. The second-order valence-corrected chi connectivity index (χ2v) is 5.75. The molecular weight excluding hydrogens is 329 g/mol. The minimum atomic E-state index is -1.27. The molecule has 0 fully saturated rings. The van der Waals surface area contributed by atoms with Crippen molar-refractivity contribution in [1.29, 1.82) is 5.26 Å². The molecule has 0 aliphatic rings. The van der Waals surface area contributed by atoms with Gasteiger partial charge in [0.1, 0.15) is 17.9 Å². The number of aliphatic carboxylic acids is 1. The van der Waals surface area contributed by atoms with Gasteiger partial charge in [0.15, 0.2) is 0 Å². The molecule has 0 unspecified atom stereocenters. The van der Waals surface area contributed by atoms with Gasteiger partial charge in [0, 0.05) is 25.7 Å². The zero-order chi connectivity index (χ0) is 19.0. The molecule has 0 heterocycles. The zero-order valence-electron chi connectivity index (χ0n) is 14.0. The fourth-order valence-electron chi connectivity index (χ4n) is 2.32. The molecule has 1 aromatic carbocycles. The van der Waals surface area contributed by atoms with Gasteiger partial charge in [-0.3, -0.25) is 9.59 Å². The molecule has 0 saturated carbocycles. The molecule has 1 aromatic rings. The van der Waals surface area contributed by atoms with Crippen molar-refractivity contribution in [2.45, 2.75) is 38.8 Å². The van der Waals surface area contributed by atoms with Crippen LogP contribution in [0, 0.1) is 23.1 Å². The maximum atomic E-state index is 13.3. The Morgan fingerprint density at radius 2 is 2.00 bits per heavy atom. The fourth-order valence-corrected chi connectivity index (χ4v) is 2.32. The average molecular weight is 349 g/mol. The number of nitrogens with one attached hydrogen (secondary N) is 2. The van der Waals surface area contributed by atoms with Crippen molar-refractivity contribution in [1.82, 2.24) is 10.6 Å². The molecule has 7 nitrogen and oxygen atoms in total. The van der Waals surface area contributed by atoms with E-state index in [0.29, 0.717) is 5.56 Å². The standard InChI is InChI=1S/C17H20FN3O4/c1-10(6-7-19)15(17(24)25)21-16(23)14(20-11(2)22)9-12-4-3-5-13(18)8-12/h3-5,8,10,14-15H,6,9H2,1-2H3,(H,20,22)(H,21,23)(H,24,25)/t10-,14+,15-/m0/s1. The third-order valence-electron chi connectivity index (χ3n) is 3.57. The lowest BCUT2D eigenvalue weighted by molar-refractivity contribution is -0.143. The molecular formula is C17H20FN3O4. The lowest BCUT2D eigenvalue weighted by Crippen LogP contribution is -2.53. The Labute approximate surface area is 144 Å². The summed E-state index contributed by atoms with van der Waals surface area (Å²) < 4.78 is 13.3. The van der Waals surface area contributed by atoms with Crippen molar-refractivity contribution in [3.8, 4) is 6.07 Å². The molecule has 0 saturated heterocycles. The maximum Gasteiger partial charge on any atom is 0.326 e. The van der Waals surface area contributed by atoms with E-state index >= 15 is 0 Å². The number of halogens is 1. The van der Waals surface area contributed by atoms with Gasteiger partial charge in [0.05, 0.1) is 6.07 Å². The quantitative estimate of drug-likeness (QED) is 0.647. The number of nitriles is 1. The number of hydrogen-bond acceptors (Lipinski definition) is 4. The van der Waals surface area contributed by atoms with Crippen LogP contribution in [0.5, 0.6) is 0 Å². The third-order valence-corrected chi connectivity index (χ3v) is 3.57. The molecule has 0 radical (unpaired) electrons. The van der Waals surface area contributed by atoms with E-state index in [0.717, 1.165) is 0 Å². The third kappa shape index (κ3) is 6.59. The molecule has 8 heteroatoms. The number of rotatable bonds is 8. The number of carboxylic acids is 1. The Morgan fingerprint density at radius 3 is 2.52 bits per heavy atom. The summed E-state index contributed by atoms with van der Waals surface area (Å²) in [5.74, 6) is -3.56. The molecule has 3 atom stereocenters. The summed E-state index contributed by atoms with van der Waals surface area (Å²) in [6.07, 6.45) is -0.0475. The highest BCUT2D eigenvalue weighted by Gasteiger charge is 2.30. The van der Waals surface area contributed by atoms with E-state index in [1.165, 1.54) is 32.0 Å². The van der Waals surface area contributed by atoms with Crippen molar-refractivity contribution in [3.05, 3.63) is 35.6 Å². The van der Waals surface area contributed by atoms with Crippen LogP contribution < -0.4 is 10.6 Å². The molecule has 25 heavy (non-hydrogen) atoms. The van der Waals surface area contributed by atoms with Crippen LogP contribution in [0.1, 0.15) is 25.8 Å². The summed E-state index contributed by atoms with van der Waals surface area (Å²) in [6.45, 7) is 2.75. The number of nitrogens with zero attached hydrogens (tertiary/aromatic N) is 1. The van der Waals surface area contributed by atoms with Gasteiger partial charge in [0.25, 0.3) is 0 Å². The predicted molar refractivity (Wildman–Crippen MR) is 86.7 cm³/mol. The SMILES string of the molecule is CC(=O)N[C@H](Cc1cccc(F)c1)C(=O)N[C@H](C(=O)O)[C@@H](C)CC#N. The van der Waals surface area contributed by atoms with E-state index in [-0.39, 0.29) is 12.8 Å². The topological polar surface area (TPSA) is 119 Å². The first-order chi connectivity index (χ1) is 11.7. The monoisotopic (exact) mass is 349 g/mol. The van der Waals surface area contributed by atoms with Crippen molar-refractivity contribution in [3.63, 3.8) is 0 Å². The Kier molecular flexibility index (Phi) is 7.53. The van der Waals surface area contributed by atoms with Crippen molar-refractivity contribution in [2.24, 2.45) is 5.92 Å². The van der Waals surface area contributed by atoms with Crippen molar-refractivity contribution >= 4 is 17.8 Å². The number of carbonyl (C=O) groups excluding carboxylic acids is 2. The second-order valence-electron chi connectivity index (χ2n) is 5.75. The lowest BCUT2D eigenvalue weighted by Gasteiger charge is -2.23. The summed E-state index contributed by atoms with van der Waals surface area (Å²) in [5, 5.41) is 22.7. The highest BCUT2D eigenvalue weighted by molar-refractivity contribution is 5.90. The van der Waals surface area contributed by atoms with Crippen molar-refractivity contribution in [2.75, 3.05) is 0 Å². The van der Waals surface area contributed by atoms with Gasteiger partial charge in [-0.05, 0) is 17.7 Å². The van der Waals surface area contributed by atoms with Crippen LogP contribution >= 0.6 is 0 Å². The van der Waals surface area contributed by atoms with Gasteiger partial charge in [0.2, 0.25) is 11.8 Å². The number of carboxylic acid groups (broad SMARTS) is 1. The minimum Gasteiger partial charge on any atom is -0.480 e. The largest absolute Gasteiger partial charge is 0.480 e. The van der Waals surface area contributed by atoms with Crippen LogP contribution in [0.3, 0.4) is 0 Å². The molecule has 0 spiro atoms. The fraction of sp³-hybridized carbons (Fsp3) is 0.412. The van der Waals surface area contributed by atoms with Gasteiger partial charge < -0.3 is 15.7 Å². The summed E-state index contributed by atoms with van der Waals surface area (Å²) in [5.41, 5.74) is 0.478. The number of hydrogen-bond donors (Lipinski definition) is 3. The Balaban J connectivity index is 2.93. The molecule has 1 rings (SSSR count). The maximum absolute atomic E-state index is 13.3. The lowest BCUT2D eigenvalue weighted by atomic mass is 9.98. The second kappa shape index (κ2) is 9.37. The van der Waals surface area contributed by atoms with E-state index in [2.05, 4.69) is 10.6 Å². The smallest absolute Gasteiger partial charge is 0.326 e. The highest BCUT2D eigenvalue weighted by Crippen LogP contribution is 2.10. The summed E-state index contributed by atoms with van der Waals surface area (Å²) in [7, 11) is 0. The predicted octanol–water partition coefficient (Wildman–Crippen LogP) is 0.992. The summed E-state index contributed by atoms with van der Waals surface area (Å²) >= 11 is 0.